The molecule has 1 saturated heterocycles. The van der Waals surface area contributed by atoms with Crippen molar-refractivity contribution in [1.82, 2.24) is 15.5 Å². The van der Waals surface area contributed by atoms with Gasteiger partial charge in [0.05, 0.1) is 12.4 Å². The van der Waals surface area contributed by atoms with Crippen LogP contribution in [0.3, 0.4) is 0 Å². The molecule has 2 N–H and O–H groups in total. The molecule has 3 rings (SSSR count). The van der Waals surface area contributed by atoms with E-state index >= 15 is 0 Å². The summed E-state index contributed by atoms with van der Waals surface area (Å²) >= 11 is 0. The van der Waals surface area contributed by atoms with E-state index in [9.17, 15) is 9.18 Å². The van der Waals surface area contributed by atoms with Crippen LogP contribution in [0.5, 0.6) is 0 Å². The number of carbonyl (C=O) groups is 1. The zero-order chi connectivity index (χ0) is 18.4. The zero-order valence-electron chi connectivity index (χ0n) is 14.7. The number of carbonyl (C=O) groups excluding carboxylic acids is 1. The van der Waals surface area contributed by atoms with Gasteiger partial charge in [0, 0.05) is 17.5 Å². The lowest BCUT2D eigenvalue weighted by Crippen LogP contribution is -2.51. The molecule has 0 aromatic heterocycles. The van der Waals surface area contributed by atoms with E-state index in [1.165, 1.54) is 6.07 Å². The number of amides is 1. The molecule has 5 heteroatoms. The molecule has 0 radical (unpaired) electrons. The molecule has 2 aliphatic rings. The number of hydrogen-bond acceptors (Lipinski definition) is 3. The standard InChI is InChI=1S/C20H22FN3O/c1-12-7-6-8-24(15(12)4)11-20(19(25)22-16(5)23-20)17-9-13(2)14(3)10-18(17)21/h6-10,23H,4-5,11H2,1-3H3,(H,22,25). The van der Waals surface area contributed by atoms with Crippen molar-refractivity contribution in [1.29, 1.82) is 0 Å². The lowest BCUT2D eigenvalue weighted by Gasteiger charge is -2.36. The number of nitrogens with one attached hydrogen (secondary N) is 2. The van der Waals surface area contributed by atoms with Crippen LogP contribution < -0.4 is 10.6 Å². The minimum Gasteiger partial charge on any atom is -0.353 e. The Hall–Kier alpha value is -2.82. The summed E-state index contributed by atoms with van der Waals surface area (Å²) in [6, 6.07) is 3.20. The molecule has 0 bridgehead atoms. The Balaban J connectivity index is 2.10. The maximum absolute atomic E-state index is 14.8. The van der Waals surface area contributed by atoms with Gasteiger partial charge in [-0.2, -0.15) is 0 Å². The minimum absolute atomic E-state index is 0.206. The molecule has 0 aliphatic carbocycles. The first-order valence-electron chi connectivity index (χ1n) is 8.11. The van der Waals surface area contributed by atoms with Crippen LogP contribution in [0.2, 0.25) is 0 Å². The van der Waals surface area contributed by atoms with Gasteiger partial charge in [-0.25, -0.2) is 4.39 Å². The highest BCUT2D eigenvalue weighted by Crippen LogP contribution is 2.34. The summed E-state index contributed by atoms with van der Waals surface area (Å²) in [5, 5.41) is 5.75. The quantitative estimate of drug-likeness (QED) is 0.889. The Labute approximate surface area is 147 Å². The molecule has 2 heterocycles. The largest absolute Gasteiger partial charge is 0.353 e. The van der Waals surface area contributed by atoms with Gasteiger partial charge in [0.2, 0.25) is 0 Å². The van der Waals surface area contributed by atoms with Crippen LogP contribution in [0.15, 0.2) is 60.7 Å². The predicted octanol–water partition coefficient (Wildman–Crippen LogP) is 3.12. The molecule has 4 nitrogen and oxygen atoms in total. The van der Waals surface area contributed by atoms with Crippen molar-refractivity contribution in [3.8, 4) is 0 Å². The number of rotatable bonds is 3. The van der Waals surface area contributed by atoms with Crippen LogP contribution >= 0.6 is 0 Å². The van der Waals surface area contributed by atoms with Gasteiger partial charge in [0.1, 0.15) is 5.82 Å². The van der Waals surface area contributed by atoms with E-state index in [-0.39, 0.29) is 12.5 Å². The van der Waals surface area contributed by atoms with E-state index in [4.69, 9.17) is 0 Å². The van der Waals surface area contributed by atoms with Crippen LogP contribution in [-0.2, 0) is 10.3 Å². The highest BCUT2D eigenvalue weighted by molar-refractivity contribution is 5.92. The summed E-state index contributed by atoms with van der Waals surface area (Å²) < 4.78 is 14.8. The van der Waals surface area contributed by atoms with Crippen LogP contribution in [0.1, 0.15) is 23.6 Å². The summed E-state index contributed by atoms with van der Waals surface area (Å²) in [5.41, 5.74) is 2.57. The van der Waals surface area contributed by atoms with Gasteiger partial charge in [-0.1, -0.05) is 19.2 Å². The lowest BCUT2D eigenvalue weighted by molar-refractivity contribution is -0.124. The van der Waals surface area contributed by atoms with Gasteiger partial charge in [-0.15, -0.1) is 0 Å². The molecular weight excluding hydrogens is 317 g/mol. The third-order valence-corrected chi connectivity index (χ3v) is 4.88. The normalized spacial score (nSPS) is 22.8. The topological polar surface area (TPSA) is 44.4 Å². The molecule has 1 amide bonds. The van der Waals surface area contributed by atoms with E-state index in [1.807, 2.05) is 44.0 Å². The van der Waals surface area contributed by atoms with E-state index in [1.54, 1.807) is 6.07 Å². The minimum atomic E-state index is -1.27. The van der Waals surface area contributed by atoms with Crippen molar-refractivity contribution in [2.24, 2.45) is 0 Å². The molecule has 130 valence electrons. The predicted molar refractivity (Wildman–Crippen MR) is 96.7 cm³/mol. The third kappa shape index (κ3) is 2.76. The van der Waals surface area contributed by atoms with Gasteiger partial charge in [0.25, 0.3) is 5.91 Å². The Morgan fingerprint density at radius 1 is 1.20 bits per heavy atom. The number of hydrogen-bond donors (Lipinski definition) is 2. The number of aryl methyl sites for hydroxylation is 2. The number of halogens is 1. The van der Waals surface area contributed by atoms with Gasteiger partial charge >= 0.3 is 0 Å². The Morgan fingerprint density at radius 3 is 2.52 bits per heavy atom. The number of nitrogens with zero attached hydrogens (tertiary/aromatic N) is 1. The van der Waals surface area contributed by atoms with Gasteiger partial charge in [-0.3, -0.25) is 4.79 Å². The number of allylic oxidation sites excluding steroid dienone is 3. The fourth-order valence-electron chi connectivity index (χ4n) is 3.19. The van der Waals surface area contributed by atoms with Crippen molar-refractivity contribution in [2.75, 3.05) is 6.54 Å². The second kappa shape index (κ2) is 5.92. The van der Waals surface area contributed by atoms with Crippen molar-refractivity contribution < 1.29 is 9.18 Å². The highest BCUT2D eigenvalue weighted by Gasteiger charge is 2.48. The monoisotopic (exact) mass is 339 g/mol. The van der Waals surface area contributed by atoms with Crippen LogP contribution in [-0.4, -0.2) is 17.4 Å². The highest BCUT2D eigenvalue weighted by atomic mass is 19.1. The van der Waals surface area contributed by atoms with Crippen LogP contribution in [0.4, 0.5) is 4.39 Å². The molecule has 1 atom stereocenters. The maximum Gasteiger partial charge on any atom is 0.257 e. The maximum atomic E-state index is 14.8. The summed E-state index contributed by atoms with van der Waals surface area (Å²) in [7, 11) is 0. The van der Waals surface area contributed by atoms with Gasteiger partial charge in [-0.05, 0) is 55.7 Å². The SMILES string of the molecule is C=C1NC(=O)C(CN2C=CC=C(C)C2=C)(c2cc(C)c(C)cc2F)N1. The van der Waals surface area contributed by atoms with Crippen molar-refractivity contribution >= 4 is 5.91 Å². The van der Waals surface area contributed by atoms with Crippen molar-refractivity contribution in [2.45, 2.75) is 26.3 Å². The zero-order valence-corrected chi connectivity index (χ0v) is 14.7. The molecule has 0 saturated carbocycles. The lowest BCUT2D eigenvalue weighted by atomic mass is 9.86. The van der Waals surface area contributed by atoms with E-state index in [2.05, 4.69) is 23.8 Å². The molecule has 0 spiro atoms. The van der Waals surface area contributed by atoms with Crippen LogP contribution in [0.25, 0.3) is 0 Å². The molecule has 1 unspecified atom stereocenters. The average Bonchev–Trinajstić information content (AvgIpc) is 2.82. The summed E-state index contributed by atoms with van der Waals surface area (Å²) in [6.07, 6.45) is 5.67. The van der Waals surface area contributed by atoms with Crippen LogP contribution in [0, 0.1) is 19.7 Å². The Kier molecular flexibility index (Phi) is 4.03. The second-order valence-corrected chi connectivity index (χ2v) is 6.65. The fraction of sp³-hybridized carbons (Fsp3) is 0.250. The van der Waals surface area contributed by atoms with E-state index in [0.29, 0.717) is 11.4 Å². The molecular formula is C20H22FN3O. The van der Waals surface area contributed by atoms with Gasteiger partial charge < -0.3 is 15.5 Å². The average molecular weight is 339 g/mol. The van der Waals surface area contributed by atoms with E-state index in [0.717, 1.165) is 22.4 Å². The smallest absolute Gasteiger partial charge is 0.257 e. The number of benzene rings is 1. The first-order valence-corrected chi connectivity index (χ1v) is 8.11. The third-order valence-electron chi connectivity index (χ3n) is 4.88. The van der Waals surface area contributed by atoms with E-state index < -0.39 is 11.4 Å². The summed E-state index contributed by atoms with van der Waals surface area (Å²) in [5.74, 6) is -0.381. The molecule has 1 aromatic carbocycles. The second-order valence-electron chi connectivity index (χ2n) is 6.65. The fourth-order valence-corrected chi connectivity index (χ4v) is 3.19. The van der Waals surface area contributed by atoms with Gasteiger partial charge in [0.15, 0.2) is 5.54 Å². The summed E-state index contributed by atoms with van der Waals surface area (Å²) in [6.45, 7) is 13.8. The Bertz CT molecular complexity index is 853. The summed E-state index contributed by atoms with van der Waals surface area (Å²) in [4.78, 5) is 14.7. The molecule has 1 aromatic rings. The Morgan fingerprint density at radius 2 is 1.88 bits per heavy atom. The first kappa shape index (κ1) is 17.0. The van der Waals surface area contributed by atoms with Crippen molar-refractivity contribution in [3.63, 3.8) is 0 Å². The molecule has 2 aliphatic heterocycles. The molecule has 25 heavy (non-hydrogen) atoms. The van der Waals surface area contributed by atoms with Crippen molar-refractivity contribution in [3.05, 3.63) is 83.2 Å². The first-order chi connectivity index (χ1) is 11.7. The molecule has 1 fully saturated rings.